The number of hydrogen-bond donors (Lipinski definition) is 1. The van der Waals surface area contributed by atoms with Gasteiger partial charge in [0.1, 0.15) is 0 Å². The summed E-state index contributed by atoms with van der Waals surface area (Å²) in [5.74, 6) is 0. The van der Waals surface area contributed by atoms with Crippen molar-refractivity contribution in [2.75, 3.05) is 6.54 Å². The first-order chi connectivity index (χ1) is 8.28. The summed E-state index contributed by atoms with van der Waals surface area (Å²) >= 11 is 3.50. The Labute approximate surface area is 111 Å². The van der Waals surface area contributed by atoms with Crippen molar-refractivity contribution < 1.29 is 0 Å². The van der Waals surface area contributed by atoms with Crippen molar-refractivity contribution in [1.82, 2.24) is 9.88 Å². The second-order valence-corrected chi connectivity index (χ2v) is 5.02. The summed E-state index contributed by atoms with van der Waals surface area (Å²) in [4.78, 5) is 0. The lowest BCUT2D eigenvalue weighted by Crippen LogP contribution is -2.11. The number of nitrogens with zero attached hydrogens (tertiary/aromatic N) is 1. The highest BCUT2D eigenvalue weighted by molar-refractivity contribution is 9.10. The van der Waals surface area contributed by atoms with Gasteiger partial charge in [-0.05, 0) is 35.9 Å². The number of halogens is 1. The molecule has 1 aromatic heterocycles. The van der Waals surface area contributed by atoms with Crippen LogP contribution in [0, 0.1) is 0 Å². The predicted molar refractivity (Wildman–Crippen MR) is 75.1 cm³/mol. The minimum atomic E-state index is 0.922. The van der Waals surface area contributed by atoms with Crippen LogP contribution in [0.5, 0.6) is 0 Å². The van der Waals surface area contributed by atoms with Crippen LogP contribution in [-0.2, 0) is 13.1 Å². The minimum absolute atomic E-state index is 0.922. The molecule has 2 nitrogen and oxygen atoms in total. The van der Waals surface area contributed by atoms with Crippen LogP contribution in [0.25, 0.3) is 0 Å². The van der Waals surface area contributed by atoms with E-state index in [2.05, 4.69) is 75.5 Å². The zero-order chi connectivity index (χ0) is 12.1. The van der Waals surface area contributed by atoms with Gasteiger partial charge in [0.25, 0.3) is 0 Å². The first-order valence-electron chi connectivity index (χ1n) is 5.87. The number of benzene rings is 1. The maximum atomic E-state index is 3.50. The molecule has 0 aliphatic rings. The Morgan fingerprint density at radius 3 is 2.88 bits per heavy atom. The van der Waals surface area contributed by atoms with Gasteiger partial charge < -0.3 is 9.88 Å². The average molecular weight is 293 g/mol. The highest BCUT2D eigenvalue weighted by Crippen LogP contribution is 2.13. The van der Waals surface area contributed by atoms with E-state index in [9.17, 15) is 0 Å². The molecule has 0 radical (unpaired) electrons. The molecule has 1 N–H and O–H groups in total. The summed E-state index contributed by atoms with van der Waals surface area (Å²) in [5, 5.41) is 3.33. The molecule has 0 amide bonds. The summed E-state index contributed by atoms with van der Waals surface area (Å²) in [7, 11) is 0. The van der Waals surface area contributed by atoms with Gasteiger partial charge in [-0.2, -0.15) is 0 Å². The SMILES string of the molecule is CCNCc1ccn(Cc2cccc(Br)c2)c1. The van der Waals surface area contributed by atoms with Gasteiger partial charge in [-0.25, -0.2) is 0 Å². The highest BCUT2D eigenvalue weighted by atomic mass is 79.9. The van der Waals surface area contributed by atoms with Crippen molar-refractivity contribution in [2.24, 2.45) is 0 Å². The second-order valence-electron chi connectivity index (χ2n) is 4.10. The third-order valence-electron chi connectivity index (χ3n) is 2.65. The first-order valence-corrected chi connectivity index (χ1v) is 6.67. The third-order valence-corrected chi connectivity index (χ3v) is 3.14. The number of nitrogens with one attached hydrogen (secondary N) is 1. The van der Waals surface area contributed by atoms with Crippen molar-refractivity contribution in [3.63, 3.8) is 0 Å². The maximum absolute atomic E-state index is 3.50. The summed E-state index contributed by atoms with van der Waals surface area (Å²) < 4.78 is 3.35. The van der Waals surface area contributed by atoms with E-state index >= 15 is 0 Å². The van der Waals surface area contributed by atoms with Crippen molar-refractivity contribution in [1.29, 1.82) is 0 Å². The Kier molecular flexibility index (Phi) is 4.40. The van der Waals surface area contributed by atoms with Crippen molar-refractivity contribution in [2.45, 2.75) is 20.0 Å². The Morgan fingerprint density at radius 1 is 1.24 bits per heavy atom. The lowest BCUT2D eigenvalue weighted by atomic mass is 10.2. The molecule has 1 heterocycles. The van der Waals surface area contributed by atoms with Gasteiger partial charge in [0.15, 0.2) is 0 Å². The molecule has 3 heteroatoms. The molecule has 1 aromatic carbocycles. The number of rotatable bonds is 5. The average Bonchev–Trinajstić information content (AvgIpc) is 2.74. The van der Waals surface area contributed by atoms with E-state index in [0.29, 0.717) is 0 Å². The maximum Gasteiger partial charge on any atom is 0.0470 e. The van der Waals surface area contributed by atoms with Crippen molar-refractivity contribution in [3.05, 3.63) is 58.3 Å². The lowest BCUT2D eigenvalue weighted by Gasteiger charge is -2.03. The fraction of sp³-hybridized carbons (Fsp3) is 0.286. The van der Waals surface area contributed by atoms with Gasteiger partial charge in [-0.1, -0.05) is 35.0 Å². The molecule has 0 aliphatic carbocycles. The summed E-state index contributed by atoms with van der Waals surface area (Å²) in [6, 6.07) is 10.6. The van der Waals surface area contributed by atoms with Crippen LogP contribution in [0.2, 0.25) is 0 Å². The van der Waals surface area contributed by atoms with Crippen LogP contribution in [0.15, 0.2) is 47.2 Å². The minimum Gasteiger partial charge on any atom is -0.350 e. The van der Waals surface area contributed by atoms with Gasteiger partial charge in [0.2, 0.25) is 0 Å². The van der Waals surface area contributed by atoms with Crippen LogP contribution in [0.3, 0.4) is 0 Å². The molecule has 0 fully saturated rings. The smallest absolute Gasteiger partial charge is 0.0470 e. The van der Waals surface area contributed by atoms with Crippen LogP contribution < -0.4 is 5.32 Å². The van der Waals surface area contributed by atoms with Crippen LogP contribution in [0.1, 0.15) is 18.1 Å². The standard InChI is InChI=1S/C14H17BrN2/c1-2-16-9-13-6-7-17(11-13)10-12-4-3-5-14(15)8-12/h3-8,11,16H,2,9-10H2,1H3. The van der Waals surface area contributed by atoms with E-state index in [1.165, 1.54) is 11.1 Å². The molecule has 90 valence electrons. The van der Waals surface area contributed by atoms with Gasteiger partial charge in [-0.3, -0.25) is 0 Å². The van der Waals surface area contributed by atoms with Gasteiger partial charge in [0, 0.05) is 30.0 Å². The zero-order valence-corrected chi connectivity index (χ0v) is 11.6. The molecule has 0 saturated carbocycles. The quantitative estimate of drug-likeness (QED) is 0.894. The van der Waals surface area contributed by atoms with E-state index in [0.717, 1.165) is 24.1 Å². The zero-order valence-electron chi connectivity index (χ0n) is 9.99. The Balaban J connectivity index is 2.01. The van der Waals surface area contributed by atoms with Crippen molar-refractivity contribution >= 4 is 15.9 Å². The van der Waals surface area contributed by atoms with Crippen LogP contribution in [0.4, 0.5) is 0 Å². The van der Waals surface area contributed by atoms with Crippen molar-refractivity contribution in [3.8, 4) is 0 Å². The third kappa shape index (κ3) is 3.72. The highest BCUT2D eigenvalue weighted by Gasteiger charge is 1.98. The van der Waals surface area contributed by atoms with Gasteiger partial charge in [0.05, 0.1) is 0 Å². The normalized spacial score (nSPS) is 10.7. The van der Waals surface area contributed by atoms with Crippen LogP contribution >= 0.6 is 15.9 Å². The van der Waals surface area contributed by atoms with E-state index in [4.69, 9.17) is 0 Å². The molecule has 2 rings (SSSR count). The largest absolute Gasteiger partial charge is 0.350 e. The number of aromatic nitrogens is 1. The monoisotopic (exact) mass is 292 g/mol. The molecular formula is C14H17BrN2. The summed E-state index contributed by atoms with van der Waals surface area (Å²) in [5.41, 5.74) is 2.65. The van der Waals surface area contributed by atoms with E-state index in [1.54, 1.807) is 0 Å². The van der Waals surface area contributed by atoms with E-state index < -0.39 is 0 Å². The molecular weight excluding hydrogens is 276 g/mol. The fourth-order valence-electron chi connectivity index (χ4n) is 1.81. The predicted octanol–water partition coefficient (Wildman–Crippen LogP) is 3.41. The summed E-state index contributed by atoms with van der Waals surface area (Å²) in [6.07, 6.45) is 4.33. The van der Waals surface area contributed by atoms with Crippen LogP contribution in [-0.4, -0.2) is 11.1 Å². The topological polar surface area (TPSA) is 17.0 Å². The van der Waals surface area contributed by atoms with E-state index in [-0.39, 0.29) is 0 Å². The fourth-order valence-corrected chi connectivity index (χ4v) is 2.26. The first kappa shape index (κ1) is 12.4. The molecule has 0 saturated heterocycles. The Hall–Kier alpha value is -1.06. The Bertz CT molecular complexity index is 477. The van der Waals surface area contributed by atoms with Gasteiger partial charge in [-0.15, -0.1) is 0 Å². The number of hydrogen-bond acceptors (Lipinski definition) is 1. The van der Waals surface area contributed by atoms with Gasteiger partial charge >= 0.3 is 0 Å². The lowest BCUT2D eigenvalue weighted by molar-refractivity contribution is 0.721. The molecule has 17 heavy (non-hydrogen) atoms. The molecule has 2 aromatic rings. The molecule has 0 bridgehead atoms. The molecule has 0 atom stereocenters. The molecule has 0 spiro atoms. The van der Waals surface area contributed by atoms with E-state index in [1.807, 2.05) is 0 Å². The Morgan fingerprint density at radius 2 is 2.12 bits per heavy atom. The molecule has 0 unspecified atom stereocenters. The second kappa shape index (κ2) is 6.03. The summed E-state index contributed by atoms with van der Waals surface area (Å²) in [6.45, 7) is 5.00. The molecule has 0 aliphatic heterocycles.